The molecule has 6 heteroatoms. The second-order valence-electron chi connectivity index (χ2n) is 2.75. The number of methoxy groups -OCH3 is 2. The molecule has 0 aromatic carbocycles. The minimum Gasteiger partial charge on any atom is -0.356 e. The molecule has 0 saturated carbocycles. The Balaban J connectivity index is 2.67. The van der Waals surface area contributed by atoms with E-state index in [1.54, 1.807) is 0 Å². The summed E-state index contributed by atoms with van der Waals surface area (Å²) < 4.78 is 15.2. The minimum atomic E-state index is -1.28. The molecule has 6 nitrogen and oxygen atoms in total. The smallest absolute Gasteiger partial charge is 0.294 e. The second kappa shape index (κ2) is 4.01. The summed E-state index contributed by atoms with van der Waals surface area (Å²) in [6.45, 7) is 0. The van der Waals surface area contributed by atoms with E-state index in [2.05, 4.69) is 0 Å². The van der Waals surface area contributed by atoms with E-state index in [0.29, 0.717) is 12.8 Å². The van der Waals surface area contributed by atoms with Crippen molar-refractivity contribution in [3.63, 3.8) is 0 Å². The van der Waals surface area contributed by atoms with Gasteiger partial charge < -0.3 is 14.2 Å². The first-order valence-corrected chi connectivity index (χ1v) is 3.95. The molecule has 2 atom stereocenters. The Hall–Kier alpha value is -0.690. The SMILES string of the molecule is CO[C@@H]1CC[C@@](OC)(C(=O)NN)O1. The quantitative estimate of drug-likeness (QED) is 0.342. The average Bonchev–Trinajstić information content (AvgIpc) is 2.61. The first-order valence-electron chi connectivity index (χ1n) is 3.95. The van der Waals surface area contributed by atoms with E-state index >= 15 is 0 Å². The fourth-order valence-electron chi connectivity index (χ4n) is 1.32. The topological polar surface area (TPSA) is 82.8 Å². The largest absolute Gasteiger partial charge is 0.356 e. The van der Waals surface area contributed by atoms with Crippen molar-refractivity contribution in [1.29, 1.82) is 0 Å². The Morgan fingerprint density at radius 2 is 2.38 bits per heavy atom. The van der Waals surface area contributed by atoms with E-state index in [4.69, 9.17) is 20.1 Å². The lowest BCUT2D eigenvalue weighted by atomic mass is 10.2. The number of amides is 1. The summed E-state index contributed by atoms with van der Waals surface area (Å²) in [5.41, 5.74) is 2.00. The van der Waals surface area contributed by atoms with Crippen LogP contribution >= 0.6 is 0 Å². The molecule has 0 spiro atoms. The van der Waals surface area contributed by atoms with Crippen LogP contribution < -0.4 is 11.3 Å². The van der Waals surface area contributed by atoms with Gasteiger partial charge in [0.15, 0.2) is 6.29 Å². The number of rotatable bonds is 3. The van der Waals surface area contributed by atoms with Crippen molar-refractivity contribution in [2.45, 2.75) is 24.9 Å². The first kappa shape index (κ1) is 10.4. The molecule has 1 aliphatic rings. The maximum Gasteiger partial charge on any atom is 0.294 e. The van der Waals surface area contributed by atoms with Gasteiger partial charge in [-0.15, -0.1) is 0 Å². The van der Waals surface area contributed by atoms with Gasteiger partial charge in [-0.25, -0.2) is 5.84 Å². The van der Waals surface area contributed by atoms with Crippen molar-refractivity contribution in [1.82, 2.24) is 5.43 Å². The zero-order valence-electron chi connectivity index (χ0n) is 7.70. The van der Waals surface area contributed by atoms with Crippen LogP contribution in [-0.2, 0) is 19.0 Å². The minimum absolute atomic E-state index is 0.405. The van der Waals surface area contributed by atoms with Crippen LogP contribution in [0.4, 0.5) is 0 Å². The van der Waals surface area contributed by atoms with Crippen LogP contribution in [0.25, 0.3) is 0 Å². The van der Waals surface area contributed by atoms with Crippen LogP contribution in [0.1, 0.15) is 12.8 Å². The van der Waals surface area contributed by atoms with Crippen molar-refractivity contribution in [3.8, 4) is 0 Å². The van der Waals surface area contributed by atoms with Gasteiger partial charge >= 0.3 is 0 Å². The predicted octanol–water partition coefficient (Wildman–Crippen LogP) is -0.898. The fourth-order valence-corrected chi connectivity index (χ4v) is 1.32. The summed E-state index contributed by atoms with van der Waals surface area (Å²) in [4.78, 5) is 11.3. The Labute approximate surface area is 76.3 Å². The van der Waals surface area contributed by atoms with E-state index in [-0.39, 0.29) is 0 Å². The molecule has 0 aromatic heterocycles. The molecule has 3 N–H and O–H groups in total. The van der Waals surface area contributed by atoms with E-state index in [1.807, 2.05) is 5.43 Å². The zero-order chi connectivity index (χ0) is 9.90. The number of carbonyl (C=O) groups excluding carboxylic acids is 1. The molecular weight excluding hydrogens is 176 g/mol. The predicted molar refractivity (Wildman–Crippen MR) is 43.2 cm³/mol. The lowest BCUT2D eigenvalue weighted by Gasteiger charge is -2.24. The normalized spacial score (nSPS) is 33.3. The number of carbonyl (C=O) groups is 1. The van der Waals surface area contributed by atoms with Gasteiger partial charge in [-0.3, -0.25) is 10.2 Å². The maximum atomic E-state index is 11.3. The molecule has 76 valence electrons. The van der Waals surface area contributed by atoms with Gasteiger partial charge in [0.05, 0.1) is 0 Å². The number of hydrogen-bond donors (Lipinski definition) is 2. The molecular formula is C7H14N2O4. The van der Waals surface area contributed by atoms with Crippen LogP contribution in [0.5, 0.6) is 0 Å². The highest BCUT2D eigenvalue weighted by molar-refractivity contribution is 5.83. The molecule has 0 bridgehead atoms. The maximum absolute atomic E-state index is 11.3. The molecule has 1 aliphatic heterocycles. The Kier molecular flexibility index (Phi) is 3.21. The van der Waals surface area contributed by atoms with Gasteiger partial charge in [0.25, 0.3) is 11.7 Å². The number of ether oxygens (including phenoxy) is 3. The summed E-state index contributed by atoms with van der Waals surface area (Å²) in [6.07, 6.45) is 0.639. The van der Waals surface area contributed by atoms with E-state index < -0.39 is 18.0 Å². The highest BCUT2D eigenvalue weighted by atomic mass is 16.8. The molecule has 13 heavy (non-hydrogen) atoms. The molecule has 1 fully saturated rings. The van der Waals surface area contributed by atoms with Crippen molar-refractivity contribution in [2.75, 3.05) is 14.2 Å². The van der Waals surface area contributed by atoms with Gasteiger partial charge in [-0.2, -0.15) is 0 Å². The Morgan fingerprint density at radius 1 is 1.69 bits per heavy atom. The van der Waals surface area contributed by atoms with Crippen LogP contribution in [-0.4, -0.2) is 32.2 Å². The number of hydrazine groups is 1. The van der Waals surface area contributed by atoms with Gasteiger partial charge in [-0.05, 0) is 0 Å². The third kappa shape index (κ3) is 1.80. The molecule has 0 radical (unpaired) electrons. The first-order chi connectivity index (χ1) is 6.18. The molecule has 0 unspecified atom stereocenters. The molecule has 0 aliphatic carbocycles. The van der Waals surface area contributed by atoms with Crippen LogP contribution in [0.3, 0.4) is 0 Å². The molecule has 0 aromatic rings. The van der Waals surface area contributed by atoms with Crippen LogP contribution in [0.15, 0.2) is 0 Å². The lowest BCUT2D eigenvalue weighted by molar-refractivity contribution is -0.247. The number of hydrogen-bond acceptors (Lipinski definition) is 5. The van der Waals surface area contributed by atoms with Crippen molar-refractivity contribution < 1.29 is 19.0 Å². The number of nitrogens with two attached hydrogens (primary N) is 1. The van der Waals surface area contributed by atoms with Crippen molar-refractivity contribution in [2.24, 2.45) is 5.84 Å². The van der Waals surface area contributed by atoms with Gasteiger partial charge in [-0.1, -0.05) is 0 Å². The van der Waals surface area contributed by atoms with Gasteiger partial charge in [0, 0.05) is 27.1 Å². The fraction of sp³-hybridized carbons (Fsp3) is 0.857. The number of nitrogens with one attached hydrogen (secondary N) is 1. The Morgan fingerprint density at radius 3 is 2.77 bits per heavy atom. The summed E-state index contributed by atoms with van der Waals surface area (Å²) in [5, 5.41) is 0. The average molecular weight is 190 g/mol. The van der Waals surface area contributed by atoms with Crippen molar-refractivity contribution in [3.05, 3.63) is 0 Å². The van der Waals surface area contributed by atoms with Crippen molar-refractivity contribution >= 4 is 5.91 Å². The monoisotopic (exact) mass is 190 g/mol. The summed E-state index contributed by atoms with van der Waals surface area (Å²) in [6, 6.07) is 0. The van der Waals surface area contributed by atoms with E-state index in [1.165, 1.54) is 14.2 Å². The zero-order valence-corrected chi connectivity index (χ0v) is 7.70. The molecule has 1 amide bonds. The van der Waals surface area contributed by atoms with Gasteiger partial charge in [0.2, 0.25) is 0 Å². The highest BCUT2D eigenvalue weighted by Gasteiger charge is 2.47. The summed E-state index contributed by atoms with van der Waals surface area (Å²) in [5.74, 6) is 3.23. The third-order valence-electron chi connectivity index (χ3n) is 2.10. The van der Waals surface area contributed by atoms with E-state index in [9.17, 15) is 4.79 Å². The van der Waals surface area contributed by atoms with Crippen LogP contribution in [0, 0.1) is 0 Å². The van der Waals surface area contributed by atoms with E-state index in [0.717, 1.165) is 0 Å². The molecule has 1 heterocycles. The molecule has 1 rings (SSSR count). The molecule has 1 saturated heterocycles. The second-order valence-corrected chi connectivity index (χ2v) is 2.75. The van der Waals surface area contributed by atoms with Gasteiger partial charge in [0.1, 0.15) is 0 Å². The summed E-state index contributed by atoms with van der Waals surface area (Å²) in [7, 11) is 2.91. The summed E-state index contributed by atoms with van der Waals surface area (Å²) >= 11 is 0. The lowest BCUT2D eigenvalue weighted by Crippen LogP contribution is -2.50. The third-order valence-corrected chi connectivity index (χ3v) is 2.10. The standard InChI is InChI=1S/C7H14N2O4/c1-11-5-3-4-7(12-2,13-5)6(10)9-8/h5H,3-4,8H2,1-2H3,(H,9,10)/t5-,7-/m0/s1. The Bertz CT molecular complexity index is 199. The van der Waals surface area contributed by atoms with Crippen LogP contribution in [0.2, 0.25) is 0 Å². The highest BCUT2D eigenvalue weighted by Crippen LogP contribution is 2.31.